The van der Waals surface area contributed by atoms with E-state index in [0.717, 1.165) is 10.0 Å². The Kier molecular flexibility index (Phi) is 4.61. The van der Waals surface area contributed by atoms with Crippen molar-refractivity contribution in [2.75, 3.05) is 0 Å². The maximum Gasteiger partial charge on any atom is 0.242 e. The summed E-state index contributed by atoms with van der Waals surface area (Å²) in [6.07, 6.45) is 0. The van der Waals surface area contributed by atoms with E-state index in [1.54, 1.807) is 0 Å². The third-order valence-corrected chi connectivity index (χ3v) is 2.75. The van der Waals surface area contributed by atoms with Crippen molar-refractivity contribution in [1.82, 2.24) is 5.32 Å². The van der Waals surface area contributed by atoms with Crippen molar-refractivity contribution in [3.8, 4) is 0 Å². The minimum atomic E-state index is -0.634. The molecule has 1 amide bonds. The number of halogens is 2. The molecule has 0 bridgehead atoms. The average molecular weight is 291 g/mol. The van der Waals surface area contributed by atoms with Crippen molar-refractivity contribution in [2.24, 2.45) is 0 Å². The van der Waals surface area contributed by atoms with Crippen LogP contribution in [0.15, 0.2) is 28.7 Å². The molecule has 1 aromatic rings. The summed E-state index contributed by atoms with van der Waals surface area (Å²) < 4.78 is 0.919. The van der Waals surface area contributed by atoms with Gasteiger partial charge in [-0.05, 0) is 31.5 Å². The van der Waals surface area contributed by atoms with E-state index in [1.165, 1.54) is 0 Å². The van der Waals surface area contributed by atoms with Gasteiger partial charge in [-0.15, -0.1) is 11.6 Å². The summed E-state index contributed by atoms with van der Waals surface area (Å²) in [6, 6.07) is 7.54. The molecule has 4 heteroatoms. The summed E-state index contributed by atoms with van der Waals surface area (Å²) in [5, 5.41) is 2.14. The van der Waals surface area contributed by atoms with Crippen molar-refractivity contribution in [3.63, 3.8) is 0 Å². The minimum absolute atomic E-state index is 0.103. The highest BCUT2D eigenvalue weighted by Gasteiger charge is 2.17. The fourth-order valence-corrected chi connectivity index (χ4v) is 1.79. The predicted molar refractivity (Wildman–Crippen MR) is 66.0 cm³/mol. The highest BCUT2D eigenvalue weighted by molar-refractivity contribution is 9.10. The van der Waals surface area contributed by atoms with E-state index < -0.39 is 5.38 Å². The Balaban J connectivity index is 2.76. The number of carbonyl (C=O) groups excluding carboxylic acids is 1. The van der Waals surface area contributed by atoms with Gasteiger partial charge in [0.1, 0.15) is 5.38 Å². The second-order valence-electron chi connectivity index (χ2n) is 3.58. The fraction of sp³-hybridized carbons (Fsp3) is 0.364. The Morgan fingerprint density at radius 1 is 1.47 bits per heavy atom. The average Bonchev–Trinajstić information content (AvgIpc) is 2.15. The van der Waals surface area contributed by atoms with Crippen molar-refractivity contribution in [2.45, 2.75) is 25.3 Å². The summed E-state index contributed by atoms with van der Waals surface area (Å²) in [5.41, 5.74) is 0.796. The summed E-state index contributed by atoms with van der Waals surface area (Å²) in [5.74, 6) is -0.162. The smallest absolute Gasteiger partial charge is 0.242 e. The van der Waals surface area contributed by atoms with Crippen LogP contribution in [0.25, 0.3) is 0 Å². The molecule has 1 atom stereocenters. The van der Waals surface area contributed by atoms with Gasteiger partial charge in [0.15, 0.2) is 0 Å². The molecule has 0 aliphatic rings. The number of hydrogen-bond acceptors (Lipinski definition) is 1. The minimum Gasteiger partial charge on any atom is -0.352 e. The molecule has 0 aromatic heterocycles. The number of benzene rings is 1. The molecule has 1 aromatic carbocycles. The van der Waals surface area contributed by atoms with Gasteiger partial charge in [0.2, 0.25) is 5.91 Å². The zero-order valence-electron chi connectivity index (χ0n) is 8.63. The molecule has 1 rings (SSSR count). The molecule has 0 heterocycles. The lowest BCUT2D eigenvalue weighted by Crippen LogP contribution is -2.32. The van der Waals surface area contributed by atoms with Crippen LogP contribution in [0, 0.1) is 0 Å². The molecular weight excluding hydrogens is 277 g/mol. The Morgan fingerprint density at radius 3 is 2.67 bits per heavy atom. The zero-order valence-corrected chi connectivity index (χ0v) is 11.0. The van der Waals surface area contributed by atoms with Crippen LogP contribution in [0.5, 0.6) is 0 Å². The van der Waals surface area contributed by atoms with Crippen LogP contribution >= 0.6 is 27.5 Å². The van der Waals surface area contributed by atoms with Gasteiger partial charge in [-0.1, -0.05) is 28.1 Å². The van der Waals surface area contributed by atoms with Crippen LogP contribution in [-0.4, -0.2) is 11.9 Å². The summed E-state index contributed by atoms with van der Waals surface area (Å²) in [6.45, 7) is 3.81. The molecule has 1 unspecified atom stereocenters. The zero-order chi connectivity index (χ0) is 11.4. The van der Waals surface area contributed by atoms with Crippen molar-refractivity contribution in [1.29, 1.82) is 0 Å². The maximum atomic E-state index is 11.6. The van der Waals surface area contributed by atoms with Gasteiger partial charge in [-0.25, -0.2) is 0 Å². The number of rotatable bonds is 3. The van der Waals surface area contributed by atoms with Gasteiger partial charge < -0.3 is 5.32 Å². The SMILES string of the molecule is CC(C)NC(=O)C(Cl)c1cccc(Br)c1. The third kappa shape index (κ3) is 3.84. The molecule has 0 radical (unpaired) electrons. The van der Waals surface area contributed by atoms with E-state index in [0.29, 0.717) is 0 Å². The van der Waals surface area contributed by atoms with Crippen LogP contribution in [0.1, 0.15) is 24.8 Å². The van der Waals surface area contributed by atoms with Crippen LogP contribution in [0.3, 0.4) is 0 Å². The first-order chi connectivity index (χ1) is 7.00. The van der Waals surface area contributed by atoms with Crippen LogP contribution in [0.4, 0.5) is 0 Å². The van der Waals surface area contributed by atoms with Crippen LogP contribution in [0.2, 0.25) is 0 Å². The lowest BCUT2D eigenvalue weighted by molar-refractivity contribution is -0.121. The monoisotopic (exact) mass is 289 g/mol. The van der Waals surface area contributed by atoms with Crippen molar-refractivity contribution in [3.05, 3.63) is 34.3 Å². The number of alkyl halides is 1. The molecule has 0 saturated heterocycles. The molecule has 82 valence electrons. The van der Waals surface area contributed by atoms with E-state index in [2.05, 4.69) is 21.2 Å². The molecule has 15 heavy (non-hydrogen) atoms. The largest absolute Gasteiger partial charge is 0.352 e. The molecule has 1 N–H and O–H groups in total. The van der Waals surface area contributed by atoms with E-state index in [1.807, 2.05) is 38.1 Å². The van der Waals surface area contributed by atoms with Gasteiger partial charge >= 0.3 is 0 Å². The molecule has 2 nitrogen and oxygen atoms in total. The van der Waals surface area contributed by atoms with Gasteiger partial charge in [0.25, 0.3) is 0 Å². The fourth-order valence-electron chi connectivity index (χ4n) is 1.17. The lowest BCUT2D eigenvalue weighted by atomic mass is 10.1. The summed E-state index contributed by atoms with van der Waals surface area (Å²) in [4.78, 5) is 11.6. The van der Waals surface area contributed by atoms with Gasteiger partial charge in [0, 0.05) is 10.5 Å². The number of carbonyl (C=O) groups is 1. The predicted octanol–water partition coefficient (Wildman–Crippen LogP) is 3.25. The Bertz CT molecular complexity index is 354. The van der Waals surface area contributed by atoms with E-state index in [4.69, 9.17) is 11.6 Å². The summed E-state index contributed by atoms with van der Waals surface area (Å²) >= 11 is 9.38. The molecule has 0 saturated carbocycles. The number of hydrogen-bond donors (Lipinski definition) is 1. The van der Waals surface area contributed by atoms with E-state index in [-0.39, 0.29) is 11.9 Å². The first-order valence-corrected chi connectivity index (χ1v) is 5.93. The molecule has 0 aliphatic carbocycles. The number of amides is 1. The first kappa shape index (κ1) is 12.5. The van der Waals surface area contributed by atoms with Gasteiger partial charge in [-0.3, -0.25) is 4.79 Å². The second-order valence-corrected chi connectivity index (χ2v) is 4.93. The van der Waals surface area contributed by atoms with Crippen LogP contribution in [-0.2, 0) is 4.79 Å². The first-order valence-electron chi connectivity index (χ1n) is 4.70. The van der Waals surface area contributed by atoms with Gasteiger partial charge in [-0.2, -0.15) is 0 Å². The lowest BCUT2D eigenvalue weighted by Gasteiger charge is -2.13. The summed E-state index contributed by atoms with van der Waals surface area (Å²) in [7, 11) is 0. The van der Waals surface area contributed by atoms with Crippen molar-refractivity contribution >= 4 is 33.4 Å². The van der Waals surface area contributed by atoms with E-state index in [9.17, 15) is 4.79 Å². The third-order valence-electron chi connectivity index (χ3n) is 1.80. The molecule has 0 aliphatic heterocycles. The van der Waals surface area contributed by atoms with E-state index >= 15 is 0 Å². The Morgan fingerprint density at radius 2 is 2.13 bits per heavy atom. The number of nitrogens with one attached hydrogen (secondary N) is 1. The van der Waals surface area contributed by atoms with Gasteiger partial charge in [0.05, 0.1) is 0 Å². The Labute approximate surface area is 103 Å². The van der Waals surface area contributed by atoms with Crippen LogP contribution < -0.4 is 5.32 Å². The molecular formula is C11H13BrClNO. The topological polar surface area (TPSA) is 29.1 Å². The second kappa shape index (κ2) is 5.52. The normalized spacial score (nSPS) is 12.6. The maximum absolute atomic E-state index is 11.6. The van der Waals surface area contributed by atoms with Crippen molar-refractivity contribution < 1.29 is 4.79 Å². The quantitative estimate of drug-likeness (QED) is 0.851. The molecule has 0 fully saturated rings. The highest BCUT2D eigenvalue weighted by atomic mass is 79.9. The Hall–Kier alpha value is -0.540. The molecule has 0 spiro atoms. The standard InChI is InChI=1S/C11H13BrClNO/c1-7(2)14-11(15)10(13)8-4-3-5-9(12)6-8/h3-7,10H,1-2H3,(H,14,15). The highest BCUT2D eigenvalue weighted by Crippen LogP contribution is 2.23.